The van der Waals surface area contributed by atoms with Crippen molar-refractivity contribution in [1.82, 2.24) is 0 Å². The summed E-state index contributed by atoms with van der Waals surface area (Å²) in [5.41, 5.74) is 8.76. The van der Waals surface area contributed by atoms with Gasteiger partial charge < -0.3 is 5.73 Å². The van der Waals surface area contributed by atoms with E-state index < -0.39 is 0 Å². The van der Waals surface area contributed by atoms with Gasteiger partial charge in [0.25, 0.3) is 0 Å². The van der Waals surface area contributed by atoms with Gasteiger partial charge in [-0.3, -0.25) is 0 Å². The molecule has 0 saturated heterocycles. The molecule has 0 bridgehead atoms. The van der Waals surface area contributed by atoms with Gasteiger partial charge in [-0.25, -0.2) is 0 Å². The average molecular weight is 290 g/mol. The maximum absolute atomic E-state index is 6.19. The van der Waals surface area contributed by atoms with E-state index in [1.54, 1.807) is 0 Å². The van der Waals surface area contributed by atoms with Crippen molar-refractivity contribution in [3.63, 3.8) is 0 Å². The van der Waals surface area contributed by atoms with Crippen LogP contribution in [0.2, 0.25) is 0 Å². The van der Waals surface area contributed by atoms with Gasteiger partial charge in [0.05, 0.1) is 0 Å². The lowest BCUT2D eigenvalue weighted by atomic mass is 10.00. The third-order valence-electron chi connectivity index (χ3n) is 2.78. The maximum atomic E-state index is 6.19. The fourth-order valence-corrected chi connectivity index (χ4v) is 2.38. The lowest BCUT2D eigenvalue weighted by Crippen LogP contribution is -2.25. The molecule has 0 saturated carbocycles. The number of halogens is 1. The zero-order chi connectivity index (χ0) is 12.1. The molecule has 0 fully saturated rings. The van der Waals surface area contributed by atoms with Gasteiger partial charge in [-0.1, -0.05) is 64.5 Å². The first-order chi connectivity index (χ1) is 8.25. The van der Waals surface area contributed by atoms with Crippen LogP contribution in [0.3, 0.4) is 0 Å². The van der Waals surface area contributed by atoms with Gasteiger partial charge in [-0.05, 0) is 30.0 Å². The normalized spacial score (nSPS) is 12.4. The summed E-state index contributed by atoms with van der Waals surface area (Å²) < 4.78 is 1.14. The van der Waals surface area contributed by atoms with Gasteiger partial charge in [0.1, 0.15) is 0 Å². The van der Waals surface area contributed by atoms with Crippen molar-refractivity contribution in [2.45, 2.75) is 18.9 Å². The van der Waals surface area contributed by atoms with Crippen LogP contribution in [-0.2, 0) is 12.8 Å². The summed E-state index contributed by atoms with van der Waals surface area (Å²) in [7, 11) is 0. The Morgan fingerprint density at radius 1 is 0.882 bits per heavy atom. The second kappa shape index (κ2) is 5.99. The van der Waals surface area contributed by atoms with E-state index in [1.165, 1.54) is 11.1 Å². The summed E-state index contributed by atoms with van der Waals surface area (Å²) in [5, 5.41) is 0. The minimum absolute atomic E-state index is 0.163. The van der Waals surface area contributed by atoms with Crippen LogP contribution >= 0.6 is 15.9 Å². The van der Waals surface area contributed by atoms with Crippen molar-refractivity contribution in [3.8, 4) is 0 Å². The second-order valence-electron chi connectivity index (χ2n) is 4.25. The summed E-state index contributed by atoms with van der Waals surface area (Å²) >= 11 is 3.55. The summed E-state index contributed by atoms with van der Waals surface area (Å²) in [6.07, 6.45) is 1.82. The molecule has 1 nitrogen and oxygen atoms in total. The van der Waals surface area contributed by atoms with E-state index in [0.29, 0.717) is 0 Å². The molecular weight excluding hydrogens is 274 g/mol. The Hall–Kier alpha value is -1.12. The van der Waals surface area contributed by atoms with E-state index in [2.05, 4.69) is 58.4 Å². The molecule has 2 aromatic carbocycles. The zero-order valence-electron chi connectivity index (χ0n) is 9.64. The lowest BCUT2D eigenvalue weighted by molar-refractivity contribution is 0.663. The van der Waals surface area contributed by atoms with Gasteiger partial charge in [0.15, 0.2) is 0 Å². The minimum atomic E-state index is 0.163. The highest BCUT2D eigenvalue weighted by atomic mass is 79.9. The number of benzene rings is 2. The lowest BCUT2D eigenvalue weighted by Gasteiger charge is -2.12. The molecule has 2 N–H and O–H groups in total. The zero-order valence-corrected chi connectivity index (χ0v) is 11.2. The first-order valence-corrected chi connectivity index (χ1v) is 6.58. The summed E-state index contributed by atoms with van der Waals surface area (Å²) in [6, 6.07) is 18.8. The SMILES string of the molecule is NC(Cc1ccccc1)Cc1ccccc1Br. The van der Waals surface area contributed by atoms with Gasteiger partial charge in [0.2, 0.25) is 0 Å². The van der Waals surface area contributed by atoms with Crippen molar-refractivity contribution < 1.29 is 0 Å². The first kappa shape index (κ1) is 12.3. The predicted molar refractivity (Wildman–Crippen MR) is 76.0 cm³/mol. The molecule has 0 radical (unpaired) electrons. The monoisotopic (exact) mass is 289 g/mol. The van der Waals surface area contributed by atoms with Crippen LogP contribution in [0.4, 0.5) is 0 Å². The summed E-state index contributed by atoms with van der Waals surface area (Å²) in [4.78, 5) is 0. The Morgan fingerprint density at radius 3 is 2.24 bits per heavy atom. The van der Waals surface area contributed by atoms with Crippen LogP contribution in [0.25, 0.3) is 0 Å². The van der Waals surface area contributed by atoms with E-state index in [0.717, 1.165) is 17.3 Å². The number of hydrogen-bond acceptors (Lipinski definition) is 1. The van der Waals surface area contributed by atoms with Gasteiger partial charge in [0, 0.05) is 10.5 Å². The van der Waals surface area contributed by atoms with Crippen molar-refractivity contribution in [1.29, 1.82) is 0 Å². The quantitative estimate of drug-likeness (QED) is 0.915. The Morgan fingerprint density at radius 2 is 1.53 bits per heavy atom. The van der Waals surface area contributed by atoms with Crippen LogP contribution in [-0.4, -0.2) is 6.04 Å². The maximum Gasteiger partial charge on any atom is 0.0207 e. The molecule has 2 aromatic rings. The number of hydrogen-bond donors (Lipinski definition) is 1. The Bertz CT molecular complexity index is 467. The van der Waals surface area contributed by atoms with Crippen molar-refractivity contribution >= 4 is 15.9 Å². The third-order valence-corrected chi connectivity index (χ3v) is 3.55. The van der Waals surface area contributed by atoms with Crippen LogP contribution in [0, 0.1) is 0 Å². The standard InChI is InChI=1S/C15H16BrN/c16-15-9-5-4-8-13(15)11-14(17)10-12-6-2-1-3-7-12/h1-9,14H,10-11,17H2. The van der Waals surface area contributed by atoms with Crippen LogP contribution in [0.1, 0.15) is 11.1 Å². The minimum Gasteiger partial charge on any atom is -0.327 e. The van der Waals surface area contributed by atoms with Crippen LogP contribution in [0.15, 0.2) is 59.1 Å². The average Bonchev–Trinajstić information content (AvgIpc) is 2.33. The van der Waals surface area contributed by atoms with Crippen molar-refractivity contribution in [2.24, 2.45) is 5.73 Å². The second-order valence-corrected chi connectivity index (χ2v) is 5.10. The molecule has 0 heterocycles. The molecule has 1 atom stereocenters. The molecule has 2 rings (SSSR count). The van der Waals surface area contributed by atoms with E-state index in [4.69, 9.17) is 5.73 Å². The van der Waals surface area contributed by atoms with E-state index in [1.807, 2.05) is 12.1 Å². The number of nitrogens with two attached hydrogens (primary N) is 1. The summed E-state index contributed by atoms with van der Waals surface area (Å²) in [5.74, 6) is 0. The molecule has 88 valence electrons. The van der Waals surface area contributed by atoms with Gasteiger partial charge in [-0.15, -0.1) is 0 Å². The van der Waals surface area contributed by atoms with Crippen molar-refractivity contribution in [2.75, 3.05) is 0 Å². The molecule has 0 aliphatic carbocycles. The third kappa shape index (κ3) is 3.69. The molecule has 17 heavy (non-hydrogen) atoms. The van der Waals surface area contributed by atoms with E-state index >= 15 is 0 Å². The molecule has 1 unspecified atom stereocenters. The fraction of sp³-hybridized carbons (Fsp3) is 0.200. The predicted octanol–water partition coefficient (Wildman–Crippen LogP) is 3.56. The highest BCUT2D eigenvalue weighted by Crippen LogP contribution is 2.18. The van der Waals surface area contributed by atoms with E-state index in [9.17, 15) is 0 Å². The first-order valence-electron chi connectivity index (χ1n) is 5.78. The van der Waals surface area contributed by atoms with Crippen molar-refractivity contribution in [3.05, 3.63) is 70.2 Å². The molecule has 0 aromatic heterocycles. The van der Waals surface area contributed by atoms with Gasteiger partial charge in [-0.2, -0.15) is 0 Å². The largest absolute Gasteiger partial charge is 0.327 e. The molecule has 0 amide bonds. The van der Waals surface area contributed by atoms with E-state index in [-0.39, 0.29) is 6.04 Å². The van der Waals surface area contributed by atoms with Crippen LogP contribution < -0.4 is 5.73 Å². The number of rotatable bonds is 4. The molecule has 2 heteroatoms. The molecule has 0 aliphatic rings. The molecule has 0 aliphatic heterocycles. The smallest absolute Gasteiger partial charge is 0.0207 e. The fourth-order valence-electron chi connectivity index (χ4n) is 1.94. The Labute approximate surface area is 111 Å². The Balaban J connectivity index is 1.98. The van der Waals surface area contributed by atoms with Crippen LogP contribution in [0.5, 0.6) is 0 Å². The molecule has 0 spiro atoms. The topological polar surface area (TPSA) is 26.0 Å². The summed E-state index contributed by atoms with van der Waals surface area (Å²) in [6.45, 7) is 0. The highest BCUT2D eigenvalue weighted by molar-refractivity contribution is 9.10. The van der Waals surface area contributed by atoms with Gasteiger partial charge >= 0.3 is 0 Å². The Kier molecular flexibility index (Phi) is 4.35. The molecular formula is C15H16BrN. The highest BCUT2D eigenvalue weighted by Gasteiger charge is 2.07.